The fourth-order valence-electron chi connectivity index (χ4n) is 1.01. The Morgan fingerprint density at radius 1 is 1.00 bits per heavy atom. The second-order valence-corrected chi connectivity index (χ2v) is 5.58. The second-order valence-electron chi connectivity index (χ2n) is 2.77. The molecule has 0 fully saturated rings. The monoisotopic (exact) mass is 266 g/mol. The van der Waals surface area contributed by atoms with Gasteiger partial charge in [-0.3, -0.25) is 13.9 Å². The van der Waals surface area contributed by atoms with Gasteiger partial charge in [-0.1, -0.05) is 0 Å². The van der Waals surface area contributed by atoms with Crippen LogP contribution in [0.3, 0.4) is 0 Å². The maximum absolute atomic E-state index is 10.8. The van der Waals surface area contributed by atoms with Crippen LogP contribution in [0.2, 0.25) is 0 Å². The topological polar surface area (TPSA) is 126 Å². The molecule has 0 aromatic heterocycles. The molecule has 1 aromatic rings. The van der Waals surface area contributed by atoms with Crippen molar-refractivity contribution in [3.63, 3.8) is 0 Å². The van der Waals surface area contributed by atoms with Gasteiger partial charge in [0.05, 0.1) is 4.90 Å². The van der Waals surface area contributed by atoms with Gasteiger partial charge in [0.25, 0.3) is 20.2 Å². The van der Waals surface area contributed by atoms with Gasteiger partial charge in [0.1, 0.15) is 4.90 Å². The summed E-state index contributed by atoms with van der Waals surface area (Å²) in [7, 11) is -9.15. The fraction of sp³-hybridized carbons (Fsp3) is 0. The van der Waals surface area contributed by atoms with Crippen LogP contribution in [-0.2, 0) is 20.2 Å². The largest absolute Gasteiger partial charge is 0.298 e. The molecule has 0 heterocycles. The molecule has 0 atom stereocenters. The number of hydrogen-bond donors (Lipinski definition) is 2. The Hall–Kier alpha value is -1.29. The van der Waals surface area contributed by atoms with Crippen LogP contribution in [0.15, 0.2) is 28.0 Å². The minimum atomic E-state index is -4.62. The van der Waals surface area contributed by atoms with E-state index >= 15 is 0 Å². The maximum Gasteiger partial charge on any atom is 0.295 e. The highest BCUT2D eigenvalue weighted by Crippen LogP contribution is 2.18. The van der Waals surface area contributed by atoms with E-state index in [0.29, 0.717) is 12.1 Å². The highest BCUT2D eigenvalue weighted by molar-refractivity contribution is 7.86. The van der Waals surface area contributed by atoms with Crippen molar-refractivity contribution >= 4 is 26.5 Å². The normalized spacial score (nSPS) is 12.4. The Morgan fingerprint density at radius 3 is 1.94 bits per heavy atom. The van der Waals surface area contributed by atoms with Gasteiger partial charge >= 0.3 is 0 Å². The molecule has 7 nitrogen and oxygen atoms in total. The van der Waals surface area contributed by atoms with Crippen molar-refractivity contribution in [2.45, 2.75) is 9.79 Å². The van der Waals surface area contributed by atoms with Crippen molar-refractivity contribution < 1.29 is 30.7 Å². The van der Waals surface area contributed by atoms with Crippen molar-refractivity contribution in [2.24, 2.45) is 0 Å². The number of carbonyl (C=O) groups excluding carboxylic acids is 1. The summed E-state index contributed by atoms with van der Waals surface area (Å²) in [6, 6.07) is 2.11. The lowest BCUT2D eigenvalue weighted by Gasteiger charge is -2.02. The second kappa shape index (κ2) is 3.94. The number of benzene rings is 1. The van der Waals surface area contributed by atoms with Gasteiger partial charge < -0.3 is 0 Å². The van der Waals surface area contributed by atoms with Gasteiger partial charge in [-0.15, -0.1) is 0 Å². The van der Waals surface area contributed by atoms with Crippen LogP contribution >= 0.6 is 0 Å². The Morgan fingerprint density at radius 2 is 1.56 bits per heavy atom. The molecule has 0 aliphatic heterocycles. The molecule has 0 saturated carbocycles. The summed E-state index contributed by atoms with van der Waals surface area (Å²) in [5.41, 5.74) is -0.558. The highest BCUT2D eigenvalue weighted by Gasteiger charge is 2.18. The molecule has 0 spiro atoms. The lowest BCUT2D eigenvalue weighted by Crippen LogP contribution is -2.05. The van der Waals surface area contributed by atoms with Crippen LogP contribution < -0.4 is 0 Å². The van der Waals surface area contributed by atoms with Crippen LogP contribution in [0.25, 0.3) is 0 Å². The number of hydrogen-bond acceptors (Lipinski definition) is 5. The van der Waals surface area contributed by atoms with Crippen LogP contribution in [0.1, 0.15) is 10.4 Å². The van der Waals surface area contributed by atoms with E-state index in [1.165, 1.54) is 0 Å². The van der Waals surface area contributed by atoms with Gasteiger partial charge in [0.2, 0.25) is 0 Å². The number of aldehydes is 1. The maximum atomic E-state index is 10.8. The van der Waals surface area contributed by atoms with E-state index < -0.39 is 35.6 Å². The Kier molecular flexibility index (Phi) is 3.15. The molecule has 2 N–H and O–H groups in total. The molecule has 0 aliphatic rings. The predicted molar refractivity (Wildman–Crippen MR) is 51.5 cm³/mol. The van der Waals surface area contributed by atoms with Gasteiger partial charge in [-0.2, -0.15) is 16.8 Å². The quantitative estimate of drug-likeness (QED) is 0.582. The van der Waals surface area contributed by atoms with E-state index in [2.05, 4.69) is 0 Å². The van der Waals surface area contributed by atoms with Crippen LogP contribution in [-0.4, -0.2) is 32.2 Å². The summed E-state index contributed by atoms with van der Waals surface area (Å²) >= 11 is 0. The molecule has 0 bridgehead atoms. The molecule has 0 radical (unpaired) electrons. The summed E-state index contributed by atoms with van der Waals surface area (Å²) in [5, 5.41) is 0. The third kappa shape index (κ3) is 2.64. The van der Waals surface area contributed by atoms with Crippen LogP contribution in [0.5, 0.6) is 0 Å². The van der Waals surface area contributed by atoms with Crippen molar-refractivity contribution in [3.8, 4) is 0 Å². The summed E-state index contributed by atoms with van der Waals surface area (Å²) in [6.07, 6.45) is 0.0534. The highest BCUT2D eigenvalue weighted by atomic mass is 32.2. The molecule has 0 aliphatic carbocycles. The lowest BCUT2D eigenvalue weighted by molar-refractivity contribution is 0.112. The SMILES string of the molecule is O=Cc1cc(S(=O)(=O)O)ccc1S(=O)(=O)O. The molecular formula is C7H6O7S2. The Balaban J connectivity index is 3.58. The van der Waals surface area contributed by atoms with Gasteiger partial charge in [-0.05, 0) is 18.2 Å². The average Bonchev–Trinajstić information content (AvgIpc) is 2.14. The summed E-state index contributed by atoms with van der Waals surface area (Å²) in [5.74, 6) is 0. The predicted octanol–water partition coefficient (Wildman–Crippen LogP) is -0.00750. The van der Waals surface area contributed by atoms with Crippen molar-refractivity contribution in [3.05, 3.63) is 23.8 Å². The van der Waals surface area contributed by atoms with E-state index in [0.717, 1.165) is 6.07 Å². The van der Waals surface area contributed by atoms with E-state index in [4.69, 9.17) is 9.11 Å². The minimum Gasteiger partial charge on any atom is -0.298 e. The van der Waals surface area contributed by atoms with Gasteiger partial charge in [0.15, 0.2) is 6.29 Å². The molecule has 16 heavy (non-hydrogen) atoms. The van der Waals surface area contributed by atoms with Crippen molar-refractivity contribution in [1.82, 2.24) is 0 Å². The number of carbonyl (C=O) groups is 1. The average molecular weight is 266 g/mol. The molecule has 0 amide bonds. The van der Waals surface area contributed by atoms with E-state index in [9.17, 15) is 21.6 Å². The first-order valence-electron chi connectivity index (χ1n) is 3.70. The van der Waals surface area contributed by atoms with E-state index in [1.807, 2.05) is 0 Å². The zero-order valence-electron chi connectivity index (χ0n) is 7.56. The first kappa shape index (κ1) is 12.8. The summed E-state index contributed by atoms with van der Waals surface area (Å²) in [6.45, 7) is 0. The zero-order chi connectivity index (χ0) is 12.6. The summed E-state index contributed by atoms with van der Waals surface area (Å²) < 4.78 is 60.2. The van der Waals surface area contributed by atoms with Crippen LogP contribution in [0, 0.1) is 0 Å². The van der Waals surface area contributed by atoms with Gasteiger partial charge in [0, 0.05) is 5.56 Å². The number of rotatable bonds is 3. The van der Waals surface area contributed by atoms with Gasteiger partial charge in [-0.25, -0.2) is 0 Å². The Labute approximate surface area is 91.2 Å². The molecular weight excluding hydrogens is 260 g/mol. The van der Waals surface area contributed by atoms with E-state index in [1.54, 1.807) is 0 Å². The van der Waals surface area contributed by atoms with Crippen molar-refractivity contribution in [2.75, 3.05) is 0 Å². The third-order valence-electron chi connectivity index (χ3n) is 1.68. The first-order chi connectivity index (χ1) is 7.16. The first-order valence-corrected chi connectivity index (χ1v) is 6.58. The lowest BCUT2D eigenvalue weighted by atomic mass is 10.2. The minimum absolute atomic E-state index is 0.0534. The van der Waals surface area contributed by atoms with Crippen LogP contribution in [0.4, 0.5) is 0 Å². The molecule has 88 valence electrons. The molecule has 1 aromatic carbocycles. The van der Waals surface area contributed by atoms with Crippen molar-refractivity contribution in [1.29, 1.82) is 0 Å². The molecule has 1 rings (SSSR count). The van der Waals surface area contributed by atoms with E-state index in [-0.39, 0.29) is 6.29 Å². The third-order valence-corrected chi connectivity index (χ3v) is 3.46. The molecule has 0 unspecified atom stereocenters. The Bertz CT molecular complexity index is 627. The molecule has 0 saturated heterocycles. The zero-order valence-corrected chi connectivity index (χ0v) is 9.19. The summed E-state index contributed by atoms with van der Waals surface area (Å²) in [4.78, 5) is 9.14. The smallest absolute Gasteiger partial charge is 0.295 e. The standard InChI is InChI=1S/C7H6O7S2/c8-4-5-3-6(15(9,10)11)1-2-7(5)16(12,13)14/h1-4H,(H,9,10,11)(H,12,13,14). The molecule has 9 heteroatoms. The fourth-order valence-corrected chi connectivity index (χ4v) is 2.17.